The predicted molar refractivity (Wildman–Crippen MR) is 65.8 cm³/mol. The number of nitrogens with two attached hydrogens (primary N) is 1. The fourth-order valence-electron chi connectivity index (χ4n) is 1.28. The maximum absolute atomic E-state index is 8.84. The summed E-state index contributed by atoms with van der Waals surface area (Å²) >= 11 is 2.16. The van der Waals surface area contributed by atoms with Crippen LogP contribution >= 0.6 is 22.6 Å². The Morgan fingerprint density at radius 1 is 1.50 bits per heavy atom. The van der Waals surface area contributed by atoms with Crippen molar-refractivity contribution in [1.29, 1.82) is 5.26 Å². The highest BCUT2D eigenvalue weighted by Gasteiger charge is 2.09. The summed E-state index contributed by atoms with van der Waals surface area (Å²) in [6.07, 6.45) is 0. The Kier molecular flexibility index (Phi) is 3.72. The van der Waals surface area contributed by atoms with E-state index in [4.69, 9.17) is 11.1 Å². The van der Waals surface area contributed by atoms with E-state index in [0.717, 1.165) is 14.8 Å². The minimum atomic E-state index is 0.391. The number of hydrazine groups is 1. The minimum absolute atomic E-state index is 0.391. The summed E-state index contributed by atoms with van der Waals surface area (Å²) in [4.78, 5) is 0. The Morgan fingerprint density at radius 2 is 2.14 bits per heavy atom. The van der Waals surface area contributed by atoms with Gasteiger partial charge in [-0.3, -0.25) is 5.84 Å². The van der Waals surface area contributed by atoms with E-state index in [1.54, 1.807) is 6.07 Å². The van der Waals surface area contributed by atoms with Crippen LogP contribution in [0.4, 0.5) is 5.69 Å². The van der Waals surface area contributed by atoms with Gasteiger partial charge < -0.3 is 5.43 Å². The Balaban J connectivity index is 3.33. The number of rotatable bonds is 2. The van der Waals surface area contributed by atoms with E-state index in [0.29, 0.717) is 11.5 Å². The minimum Gasteiger partial charge on any atom is -0.324 e. The average molecular weight is 301 g/mol. The molecule has 0 saturated carbocycles. The van der Waals surface area contributed by atoms with Crippen LogP contribution < -0.4 is 11.3 Å². The van der Waals surface area contributed by atoms with Gasteiger partial charge in [-0.25, -0.2) is 0 Å². The van der Waals surface area contributed by atoms with Gasteiger partial charge in [0.1, 0.15) is 6.07 Å². The average Bonchev–Trinajstić information content (AvgIpc) is 2.17. The summed E-state index contributed by atoms with van der Waals surface area (Å²) in [5.41, 5.74) is 5.25. The van der Waals surface area contributed by atoms with Gasteiger partial charge in [0.25, 0.3) is 0 Å². The van der Waals surface area contributed by atoms with Gasteiger partial charge in [0, 0.05) is 3.57 Å². The van der Waals surface area contributed by atoms with Gasteiger partial charge in [-0.15, -0.1) is 0 Å². The zero-order valence-electron chi connectivity index (χ0n) is 8.13. The molecule has 74 valence electrons. The molecule has 0 bridgehead atoms. The summed E-state index contributed by atoms with van der Waals surface area (Å²) in [5, 5.41) is 8.84. The lowest BCUT2D eigenvalue weighted by molar-refractivity contribution is 0.865. The van der Waals surface area contributed by atoms with E-state index >= 15 is 0 Å². The molecule has 0 heterocycles. The Bertz CT molecular complexity index is 380. The quantitative estimate of drug-likeness (QED) is 0.501. The molecule has 0 radical (unpaired) electrons. The summed E-state index contributed by atoms with van der Waals surface area (Å²) in [6.45, 7) is 4.19. The van der Waals surface area contributed by atoms with Crippen molar-refractivity contribution < 1.29 is 0 Å². The molecule has 0 spiro atoms. The molecule has 0 unspecified atom stereocenters. The number of nitrogens with one attached hydrogen (secondary N) is 1. The summed E-state index contributed by atoms with van der Waals surface area (Å²) < 4.78 is 0.966. The van der Waals surface area contributed by atoms with E-state index in [1.807, 2.05) is 6.07 Å². The van der Waals surface area contributed by atoms with Crippen LogP contribution in [0.1, 0.15) is 30.9 Å². The van der Waals surface area contributed by atoms with Crippen molar-refractivity contribution in [2.45, 2.75) is 19.8 Å². The second-order valence-electron chi connectivity index (χ2n) is 3.33. The molecule has 0 aromatic heterocycles. The highest BCUT2D eigenvalue weighted by atomic mass is 127. The van der Waals surface area contributed by atoms with Crippen molar-refractivity contribution in [2.75, 3.05) is 5.43 Å². The molecule has 3 nitrogen and oxygen atoms in total. The normalized spacial score (nSPS) is 10.0. The maximum atomic E-state index is 8.84. The Hall–Kier alpha value is -0.800. The first-order valence-corrected chi connectivity index (χ1v) is 5.38. The van der Waals surface area contributed by atoms with Gasteiger partial charge in [-0.2, -0.15) is 5.26 Å². The first kappa shape index (κ1) is 11.3. The number of anilines is 1. The molecular weight excluding hydrogens is 289 g/mol. The third-order valence-corrected chi connectivity index (χ3v) is 2.93. The highest BCUT2D eigenvalue weighted by Crippen LogP contribution is 2.27. The number of halogens is 1. The molecule has 1 aromatic carbocycles. The molecule has 0 amide bonds. The number of nitriles is 1. The van der Waals surface area contributed by atoms with Crippen molar-refractivity contribution in [2.24, 2.45) is 5.84 Å². The Morgan fingerprint density at radius 3 is 2.57 bits per heavy atom. The second kappa shape index (κ2) is 4.62. The van der Waals surface area contributed by atoms with Gasteiger partial charge in [-0.1, -0.05) is 13.8 Å². The molecule has 1 rings (SSSR count). The van der Waals surface area contributed by atoms with E-state index in [-0.39, 0.29) is 0 Å². The Labute approximate surface area is 97.4 Å². The van der Waals surface area contributed by atoms with Crippen LogP contribution in [0.5, 0.6) is 0 Å². The fourth-order valence-corrected chi connectivity index (χ4v) is 1.89. The van der Waals surface area contributed by atoms with Crippen LogP contribution in [-0.4, -0.2) is 0 Å². The lowest BCUT2D eigenvalue weighted by Crippen LogP contribution is -2.10. The van der Waals surface area contributed by atoms with Crippen LogP contribution in [0.2, 0.25) is 0 Å². The van der Waals surface area contributed by atoms with Crippen LogP contribution in [0.3, 0.4) is 0 Å². The molecule has 0 atom stereocenters. The molecule has 0 aliphatic heterocycles. The van der Waals surface area contributed by atoms with Gasteiger partial charge in [0.15, 0.2) is 0 Å². The van der Waals surface area contributed by atoms with E-state index in [1.165, 1.54) is 0 Å². The van der Waals surface area contributed by atoms with Crippen LogP contribution in [0, 0.1) is 14.9 Å². The molecule has 0 aliphatic carbocycles. The zero-order chi connectivity index (χ0) is 10.7. The van der Waals surface area contributed by atoms with Gasteiger partial charge in [-0.05, 0) is 46.2 Å². The number of nitrogens with zero attached hydrogens (tertiary/aromatic N) is 1. The first-order valence-electron chi connectivity index (χ1n) is 4.30. The summed E-state index contributed by atoms with van der Waals surface area (Å²) in [5.74, 6) is 5.79. The van der Waals surface area contributed by atoms with Gasteiger partial charge in [0.2, 0.25) is 0 Å². The topological polar surface area (TPSA) is 61.8 Å². The zero-order valence-corrected chi connectivity index (χ0v) is 10.3. The van der Waals surface area contributed by atoms with Crippen molar-refractivity contribution in [1.82, 2.24) is 0 Å². The monoisotopic (exact) mass is 301 g/mol. The van der Waals surface area contributed by atoms with Crippen molar-refractivity contribution in [3.05, 3.63) is 26.8 Å². The fraction of sp³-hybridized carbons (Fsp3) is 0.300. The molecule has 3 N–H and O–H groups in total. The summed E-state index contributed by atoms with van der Waals surface area (Å²) in [7, 11) is 0. The lowest BCUT2D eigenvalue weighted by Gasteiger charge is -2.13. The number of hydrogen-bond donors (Lipinski definition) is 2. The maximum Gasteiger partial charge on any atom is 0.100 e. The third kappa shape index (κ3) is 2.16. The molecule has 0 saturated heterocycles. The van der Waals surface area contributed by atoms with Crippen LogP contribution in [0.25, 0.3) is 0 Å². The van der Waals surface area contributed by atoms with E-state index in [2.05, 4.69) is 47.9 Å². The molecule has 0 fully saturated rings. The van der Waals surface area contributed by atoms with E-state index in [9.17, 15) is 0 Å². The predicted octanol–water partition coefficient (Wildman–Crippen LogP) is 2.57. The van der Waals surface area contributed by atoms with Crippen LogP contribution in [-0.2, 0) is 0 Å². The lowest BCUT2D eigenvalue weighted by atomic mass is 10.00. The number of hydrogen-bond acceptors (Lipinski definition) is 3. The molecular formula is C10H12IN3. The molecule has 0 aliphatic rings. The first-order chi connectivity index (χ1) is 6.60. The van der Waals surface area contributed by atoms with Gasteiger partial charge in [0.05, 0.1) is 11.3 Å². The van der Waals surface area contributed by atoms with Crippen molar-refractivity contribution in [3.8, 4) is 6.07 Å². The molecule has 14 heavy (non-hydrogen) atoms. The van der Waals surface area contributed by atoms with Gasteiger partial charge >= 0.3 is 0 Å². The van der Waals surface area contributed by atoms with Crippen molar-refractivity contribution in [3.63, 3.8) is 0 Å². The smallest absolute Gasteiger partial charge is 0.100 e. The number of benzene rings is 1. The summed E-state index contributed by atoms with van der Waals surface area (Å²) in [6, 6.07) is 5.92. The van der Waals surface area contributed by atoms with E-state index < -0.39 is 0 Å². The third-order valence-electron chi connectivity index (χ3n) is 2.04. The number of nitrogen functional groups attached to an aromatic ring is 1. The highest BCUT2D eigenvalue weighted by molar-refractivity contribution is 14.1. The SMILES string of the molecule is CC(C)c1cc(I)c(C#N)cc1NN. The largest absolute Gasteiger partial charge is 0.324 e. The standard InChI is InChI=1S/C10H12IN3/c1-6(2)8-4-9(11)7(5-12)3-10(8)14-13/h3-4,6,14H,13H2,1-2H3. The second-order valence-corrected chi connectivity index (χ2v) is 4.49. The molecule has 1 aromatic rings. The molecule has 4 heteroatoms. The van der Waals surface area contributed by atoms with Crippen LogP contribution in [0.15, 0.2) is 12.1 Å². The van der Waals surface area contributed by atoms with Crippen molar-refractivity contribution >= 4 is 28.3 Å².